The van der Waals surface area contributed by atoms with Crippen LogP contribution in [0.3, 0.4) is 0 Å². The molecule has 0 bridgehead atoms. The first kappa shape index (κ1) is 10.2. The smallest absolute Gasteiger partial charge is 0.305 e. The number of H-pyrrole nitrogens is 1. The molecule has 0 saturated carbocycles. The molecule has 4 N–H and O–H groups in total. The van der Waals surface area contributed by atoms with Crippen molar-refractivity contribution >= 4 is 5.97 Å². The third-order valence-electron chi connectivity index (χ3n) is 2.83. The van der Waals surface area contributed by atoms with Gasteiger partial charge in [0.2, 0.25) is 0 Å². The second-order valence-electron chi connectivity index (χ2n) is 3.98. The Morgan fingerprint density at radius 3 is 3.00 bits per heavy atom. The summed E-state index contributed by atoms with van der Waals surface area (Å²) < 4.78 is 0. The van der Waals surface area contributed by atoms with Gasteiger partial charge in [0.25, 0.3) is 0 Å². The van der Waals surface area contributed by atoms with Crippen LogP contribution >= 0.6 is 0 Å². The van der Waals surface area contributed by atoms with E-state index in [2.05, 4.69) is 10.2 Å². The molecular formula is C10H15N3O2. The lowest BCUT2D eigenvalue weighted by Gasteiger charge is -2.13. The van der Waals surface area contributed by atoms with Crippen molar-refractivity contribution in [3.05, 3.63) is 17.0 Å². The Labute approximate surface area is 87.7 Å². The number of carboxylic acids is 1. The molecule has 1 aliphatic rings. The number of hydrogen-bond donors (Lipinski definition) is 3. The standard InChI is InChI=1S/C10H15N3O2/c11-7(5-9(14)15)10-6-3-1-2-4-8(6)12-13-10/h7H,1-5,11H2,(H,12,13)(H,14,15). The molecule has 5 heteroatoms. The van der Waals surface area contributed by atoms with Gasteiger partial charge in [0.05, 0.1) is 18.2 Å². The minimum absolute atomic E-state index is 0.0582. The topological polar surface area (TPSA) is 92.0 Å². The molecule has 1 heterocycles. The van der Waals surface area contributed by atoms with Crippen molar-refractivity contribution in [3.63, 3.8) is 0 Å². The Morgan fingerprint density at radius 1 is 1.53 bits per heavy atom. The molecule has 1 aliphatic carbocycles. The van der Waals surface area contributed by atoms with Crippen molar-refractivity contribution in [2.45, 2.75) is 38.1 Å². The van der Waals surface area contributed by atoms with Crippen LogP contribution in [0.25, 0.3) is 0 Å². The summed E-state index contributed by atoms with van der Waals surface area (Å²) in [5.74, 6) is -0.880. The first-order chi connectivity index (χ1) is 7.18. The number of carboxylic acid groups (broad SMARTS) is 1. The van der Waals surface area contributed by atoms with Crippen molar-refractivity contribution in [1.82, 2.24) is 10.2 Å². The maximum atomic E-state index is 10.6. The van der Waals surface area contributed by atoms with Gasteiger partial charge in [0, 0.05) is 5.69 Å². The molecule has 1 atom stereocenters. The zero-order valence-electron chi connectivity index (χ0n) is 8.49. The van der Waals surface area contributed by atoms with Crippen LogP contribution in [0.4, 0.5) is 0 Å². The van der Waals surface area contributed by atoms with E-state index in [-0.39, 0.29) is 6.42 Å². The first-order valence-corrected chi connectivity index (χ1v) is 5.22. The number of fused-ring (bicyclic) bond motifs is 1. The summed E-state index contributed by atoms with van der Waals surface area (Å²) in [6.45, 7) is 0. The number of nitrogens with two attached hydrogens (primary N) is 1. The van der Waals surface area contributed by atoms with E-state index in [0.29, 0.717) is 0 Å². The van der Waals surface area contributed by atoms with E-state index in [1.165, 1.54) is 6.42 Å². The Bertz CT molecular complexity index is 373. The van der Waals surface area contributed by atoms with Crippen molar-refractivity contribution < 1.29 is 9.90 Å². The predicted molar refractivity (Wildman–Crippen MR) is 54.4 cm³/mol. The van der Waals surface area contributed by atoms with Crippen molar-refractivity contribution in [3.8, 4) is 0 Å². The lowest BCUT2D eigenvalue weighted by atomic mass is 9.93. The van der Waals surface area contributed by atoms with Gasteiger partial charge < -0.3 is 10.8 Å². The molecule has 1 unspecified atom stereocenters. The summed E-state index contributed by atoms with van der Waals surface area (Å²) in [5.41, 5.74) is 8.83. The molecule has 0 saturated heterocycles. The Balaban J connectivity index is 2.20. The van der Waals surface area contributed by atoms with Gasteiger partial charge in [-0.2, -0.15) is 5.10 Å². The molecule has 0 aliphatic heterocycles. The van der Waals surface area contributed by atoms with Gasteiger partial charge in [-0.25, -0.2) is 0 Å². The number of carbonyl (C=O) groups is 1. The minimum Gasteiger partial charge on any atom is -0.481 e. The van der Waals surface area contributed by atoms with E-state index >= 15 is 0 Å². The third kappa shape index (κ3) is 2.02. The van der Waals surface area contributed by atoms with Gasteiger partial charge in [0.15, 0.2) is 0 Å². The largest absolute Gasteiger partial charge is 0.481 e. The second-order valence-corrected chi connectivity index (χ2v) is 3.98. The fourth-order valence-electron chi connectivity index (χ4n) is 2.10. The van der Waals surface area contributed by atoms with Crippen molar-refractivity contribution in [2.75, 3.05) is 0 Å². The molecule has 0 fully saturated rings. The number of hydrogen-bond acceptors (Lipinski definition) is 3. The number of aliphatic carboxylic acids is 1. The fraction of sp³-hybridized carbons (Fsp3) is 0.600. The molecule has 0 spiro atoms. The maximum Gasteiger partial charge on any atom is 0.305 e. The highest BCUT2D eigenvalue weighted by molar-refractivity contribution is 5.67. The van der Waals surface area contributed by atoms with Crippen LogP contribution in [0.5, 0.6) is 0 Å². The first-order valence-electron chi connectivity index (χ1n) is 5.22. The summed E-state index contributed by atoms with van der Waals surface area (Å²) in [4.78, 5) is 10.6. The van der Waals surface area contributed by atoms with Crippen LogP contribution in [0.15, 0.2) is 0 Å². The molecule has 0 aromatic carbocycles. The van der Waals surface area contributed by atoms with E-state index in [0.717, 1.165) is 36.2 Å². The summed E-state index contributed by atoms with van der Waals surface area (Å²) >= 11 is 0. The highest BCUT2D eigenvalue weighted by Crippen LogP contribution is 2.26. The number of rotatable bonds is 3. The predicted octanol–water partition coefficient (Wildman–Crippen LogP) is 0.763. The molecule has 0 amide bonds. The van der Waals surface area contributed by atoms with Gasteiger partial charge in [-0.15, -0.1) is 0 Å². The summed E-state index contributed by atoms with van der Waals surface area (Å²) in [7, 11) is 0. The van der Waals surface area contributed by atoms with Crippen LogP contribution in [0, 0.1) is 0 Å². The number of aromatic nitrogens is 2. The van der Waals surface area contributed by atoms with Crippen LogP contribution in [0.2, 0.25) is 0 Å². The minimum atomic E-state index is -0.880. The molecule has 1 aromatic rings. The normalized spacial score (nSPS) is 17.1. The Hall–Kier alpha value is -1.36. The van der Waals surface area contributed by atoms with Gasteiger partial charge in [0.1, 0.15) is 0 Å². The van der Waals surface area contributed by atoms with Gasteiger partial charge in [-0.1, -0.05) is 0 Å². The molecule has 1 aromatic heterocycles. The Morgan fingerprint density at radius 2 is 2.27 bits per heavy atom. The zero-order chi connectivity index (χ0) is 10.8. The molecule has 0 radical (unpaired) electrons. The Kier molecular flexibility index (Phi) is 2.73. The zero-order valence-corrected chi connectivity index (χ0v) is 8.49. The van der Waals surface area contributed by atoms with Crippen LogP contribution in [-0.4, -0.2) is 21.3 Å². The van der Waals surface area contributed by atoms with Crippen LogP contribution in [0.1, 0.15) is 42.3 Å². The molecule has 15 heavy (non-hydrogen) atoms. The van der Waals surface area contributed by atoms with E-state index in [4.69, 9.17) is 10.8 Å². The second kappa shape index (κ2) is 4.02. The highest BCUT2D eigenvalue weighted by Gasteiger charge is 2.22. The van der Waals surface area contributed by atoms with E-state index in [1.54, 1.807) is 0 Å². The number of aryl methyl sites for hydroxylation is 1. The van der Waals surface area contributed by atoms with Gasteiger partial charge in [-0.05, 0) is 31.2 Å². The monoisotopic (exact) mass is 209 g/mol. The number of aromatic amines is 1. The summed E-state index contributed by atoms with van der Waals surface area (Å²) in [6, 6.07) is -0.486. The third-order valence-corrected chi connectivity index (χ3v) is 2.83. The maximum absolute atomic E-state index is 10.6. The molecular weight excluding hydrogens is 194 g/mol. The highest BCUT2D eigenvalue weighted by atomic mass is 16.4. The van der Waals surface area contributed by atoms with Gasteiger partial charge in [-0.3, -0.25) is 9.89 Å². The summed E-state index contributed by atoms with van der Waals surface area (Å²) in [5, 5.41) is 15.8. The molecule has 5 nitrogen and oxygen atoms in total. The number of nitrogens with one attached hydrogen (secondary N) is 1. The lowest BCUT2D eigenvalue weighted by Crippen LogP contribution is -2.17. The molecule has 2 rings (SSSR count). The van der Waals surface area contributed by atoms with Crippen LogP contribution in [-0.2, 0) is 17.6 Å². The molecule has 82 valence electrons. The quantitative estimate of drug-likeness (QED) is 0.685. The van der Waals surface area contributed by atoms with Crippen molar-refractivity contribution in [1.29, 1.82) is 0 Å². The van der Waals surface area contributed by atoms with Gasteiger partial charge >= 0.3 is 5.97 Å². The number of nitrogens with zero attached hydrogens (tertiary/aromatic N) is 1. The average molecular weight is 209 g/mol. The van der Waals surface area contributed by atoms with E-state index in [9.17, 15) is 4.79 Å². The average Bonchev–Trinajstić information content (AvgIpc) is 2.59. The van der Waals surface area contributed by atoms with E-state index in [1.807, 2.05) is 0 Å². The van der Waals surface area contributed by atoms with Crippen molar-refractivity contribution in [2.24, 2.45) is 5.73 Å². The van der Waals surface area contributed by atoms with E-state index < -0.39 is 12.0 Å². The summed E-state index contributed by atoms with van der Waals surface area (Å²) in [6.07, 6.45) is 4.22. The fourth-order valence-corrected chi connectivity index (χ4v) is 2.10. The SMILES string of the molecule is NC(CC(=O)O)c1n[nH]c2c1CCCC2. The van der Waals surface area contributed by atoms with Crippen LogP contribution < -0.4 is 5.73 Å². The lowest BCUT2D eigenvalue weighted by molar-refractivity contribution is -0.137.